The van der Waals surface area contributed by atoms with Gasteiger partial charge >= 0.3 is 0 Å². The first-order valence-electron chi connectivity index (χ1n) is 6.47. The van der Waals surface area contributed by atoms with Crippen molar-refractivity contribution in [1.82, 2.24) is 5.32 Å². The third-order valence-corrected chi connectivity index (χ3v) is 9.86. The van der Waals surface area contributed by atoms with E-state index in [0.717, 1.165) is 13.2 Å². The van der Waals surface area contributed by atoms with Crippen molar-refractivity contribution in [2.24, 2.45) is 10.8 Å². The number of piperidine rings is 1. The van der Waals surface area contributed by atoms with E-state index in [1.807, 2.05) is 0 Å². The second kappa shape index (κ2) is 3.33. The molecular weight excluding hydrogens is 214 g/mol. The second-order valence-electron chi connectivity index (χ2n) is 7.67. The van der Waals surface area contributed by atoms with Crippen LogP contribution in [0.25, 0.3) is 0 Å². The van der Waals surface area contributed by atoms with Crippen molar-refractivity contribution < 1.29 is 4.43 Å². The fourth-order valence-electron chi connectivity index (χ4n) is 2.62. The molecule has 0 aromatic heterocycles. The van der Waals surface area contributed by atoms with Gasteiger partial charge in [0.15, 0.2) is 8.32 Å². The predicted octanol–water partition coefficient (Wildman–Crippen LogP) is 3.01. The smallest absolute Gasteiger partial charge is 0.192 e. The molecule has 0 aromatic carbocycles. The molecule has 0 radical (unpaired) electrons. The number of rotatable bonds is 3. The van der Waals surface area contributed by atoms with Gasteiger partial charge in [-0.3, -0.25) is 0 Å². The summed E-state index contributed by atoms with van der Waals surface area (Å²) in [5.74, 6) is 0. The SMILES string of the molecule is CC12CNCC1(CO[Si](C)(C)C(C)(C)C)C2. The number of nitrogens with one attached hydrogen (secondary N) is 1. The highest BCUT2D eigenvalue weighted by molar-refractivity contribution is 6.74. The lowest BCUT2D eigenvalue weighted by atomic mass is 10.00. The van der Waals surface area contributed by atoms with Gasteiger partial charge in [0.05, 0.1) is 0 Å². The van der Waals surface area contributed by atoms with Gasteiger partial charge in [-0.2, -0.15) is 0 Å². The van der Waals surface area contributed by atoms with E-state index in [-0.39, 0.29) is 0 Å². The van der Waals surface area contributed by atoms with Crippen LogP contribution in [-0.4, -0.2) is 28.0 Å². The van der Waals surface area contributed by atoms with Crippen LogP contribution in [-0.2, 0) is 4.43 Å². The molecule has 0 bridgehead atoms. The van der Waals surface area contributed by atoms with Crippen LogP contribution in [0.3, 0.4) is 0 Å². The van der Waals surface area contributed by atoms with Gasteiger partial charge in [0, 0.05) is 25.1 Å². The van der Waals surface area contributed by atoms with E-state index in [4.69, 9.17) is 4.43 Å². The number of fused-ring (bicyclic) bond motifs is 1. The van der Waals surface area contributed by atoms with Gasteiger partial charge in [0.25, 0.3) is 0 Å². The van der Waals surface area contributed by atoms with E-state index in [2.05, 4.69) is 46.1 Å². The maximum Gasteiger partial charge on any atom is 0.192 e. The third-order valence-electron chi connectivity index (χ3n) is 5.38. The normalized spacial score (nSPS) is 38.6. The van der Waals surface area contributed by atoms with E-state index in [1.165, 1.54) is 13.0 Å². The Morgan fingerprint density at radius 3 is 2.25 bits per heavy atom. The molecule has 94 valence electrons. The summed E-state index contributed by atoms with van der Waals surface area (Å²) in [7, 11) is -1.55. The standard InChI is InChI=1S/C13H27NOSi/c1-11(2,3)16(5,6)15-10-13-7-12(13,4)8-14-9-13/h14H,7-10H2,1-6H3. The van der Waals surface area contributed by atoms with Crippen LogP contribution in [0.15, 0.2) is 0 Å². The Morgan fingerprint density at radius 2 is 1.88 bits per heavy atom. The molecule has 1 N–H and O–H groups in total. The average Bonchev–Trinajstić information content (AvgIpc) is 2.56. The molecule has 2 atom stereocenters. The molecule has 1 saturated carbocycles. The summed E-state index contributed by atoms with van der Waals surface area (Å²) in [5, 5.41) is 3.85. The zero-order chi connectivity index (χ0) is 12.2. The van der Waals surface area contributed by atoms with Crippen LogP contribution in [0, 0.1) is 10.8 Å². The second-order valence-corrected chi connectivity index (χ2v) is 12.5. The molecule has 2 fully saturated rings. The first-order valence-corrected chi connectivity index (χ1v) is 9.38. The van der Waals surface area contributed by atoms with Crippen LogP contribution in [0.4, 0.5) is 0 Å². The van der Waals surface area contributed by atoms with Crippen molar-refractivity contribution in [1.29, 1.82) is 0 Å². The largest absolute Gasteiger partial charge is 0.416 e. The Balaban J connectivity index is 1.94. The zero-order valence-electron chi connectivity index (χ0n) is 11.7. The van der Waals surface area contributed by atoms with Gasteiger partial charge in [-0.15, -0.1) is 0 Å². The lowest BCUT2D eigenvalue weighted by Crippen LogP contribution is -2.43. The Kier molecular flexibility index (Phi) is 2.62. The maximum atomic E-state index is 6.39. The first-order chi connectivity index (χ1) is 7.12. The van der Waals surface area contributed by atoms with Gasteiger partial charge in [-0.25, -0.2) is 0 Å². The quantitative estimate of drug-likeness (QED) is 0.767. The number of hydrogen-bond acceptors (Lipinski definition) is 2. The Hall–Kier alpha value is 0.137. The van der Waals surface area contributed by atoms with E-state index in [1.54, 1.807) is 0 Å². The van der Waals surface area contributed by atoms with Gasteiger partial charge in [0.1, 0.15) is 0 Å². The summed E-state index contributed by atoms with van der Waals surface area (Å²) in [6.45, 7) is 17.4. The summed E-state index contributed by atoms with van der Waals surface area (Å²) >= 11 is 0. The Bertz CT molecular complexity index is 286. The molecule has 2 rings (SSSR count). The van der Waals surface area contributed by atoms with Crippen molar-refractivity contribution in [2.75, 3.05) is 19.7 Å². The Morgan fingerprint density at radius 1 is 1.25 bits per heavy atom. The minimum absolute atomic E-state index is 0.334. The van der Waals surface area contributed by atoms with Gasteiger partial charge in [0.2, 0.25) is 0 Å². The van der Waals surface area contributed by atoms with Crippen LogP contribution >= 0.6 is 0 Å². The third kappa shape index (κ3) is 1.77. The Labute approximate surface area is 101 Å². The molecule has 1 heterocycles. The highest BCUT2D eigenvalue weighted by Crippen LogP contribution is 2.66. The summed E-state index contributed by atoms with van der Waals surface area (Å²) in [5.41, 5.74) is 1.01. The minimum atomic E-state index is -1.55. The minimum Gasteiger partial charge on any atom is -0.416 e. The molecular formula is C13H27NOSi. The predicted molar refractivity (Wildman–Crippen MR) is 71.2 cm³/mol. The molecule has 3 heteroatoms. The average molecular weight is 241 g/mol. The van der Waals surface area contributed by atoms with E-state index >= 15 is 0 Å². The van der Waals surface area contributed by atoms with Crippen molar-refractivity contribution in [3.05, 3.63) is 0 Å². The van der Waals surface area contributed by atoms with Gasteiger partial charge in [-0.05, 0) is 30.0 Å². The summed E-state index contributed by atoms with van der Waals surface area (Å²) < 4.78 is 6.39. The summed E-state index contributed by atoms with van der Waals surface area (Å²) in [6.07, 6.45) is 1.36. The lowest BCUT2D eigenvalue weighted by molar-refractivity contribution is 0.203. The van der Waals surface area contributed by atoms with Crippen molar-refractivity contribution >= 4 is 8.32 Å². The molecule has 0 spiro atoms. The van der Waals surface area contributed by atoms with Crippen molar-refractivity contribution in [2.45, 2.75) is 52.2 Å². The van der Waals surface area contributed by atoms with E-state index < -0.39 is 8.32 Å². The molecule has 16 heavy (non-hydrogen) atoms. The lowest BCUT2D eigenvalue weighted by Gasteiger charge is -2.37. The monoisotopic (exact) mass is 241 g/mol. The van der Waals surface area contributed by atoms with Crippen molar-refractivity contribution in [3.8, 4) is 0 Å². The molecule has 1 saturated heterocycles. The molecule has 0 amide bonds. The highest BCUT2D eigenvalue weighted by atomic mass is 28.4. The van der Waals surface area contributed by atoms with E-state index in [0.29, 0.717) is 15.9 Å². The zero-order valence-corrected chi connectivity index (χ0v) is 12.7. The van der Waals surface area contributed by atoms with Gasteiger partial charge < -0.3 is 9.74 Å². The van der Waals surface area contributed by atoms with Crippen LogP contribution in [0.5, 0.6) is 0 Å². The van der Waals surface area contributed by atoms with Crippen LogP contribution in [0.1, 0.15) is 34.1 Å². The molecule has 2 nitrogen and oxygen atoms in total. The fourth-order valence-corrected chi connectivity index (χ4v) is 3.69. The highest BCUT2D eigenvalue weighted by Gasteiger charge is 2.67. The van der Waals surface area contributed by atoms with Crippen LogP contribution in [0.2, 0.25) is 18.1 Å². The van der Waals surface area contributed by atoms with Gasteiger partial charge in [-0.1, -0.05) is 27.7 Å². The summed E-state index contributed by atoms with van der Waals surface area (Å²) in [4.78, 5) is 0. The van der Waals surface area contributed by atoms with E-state index in [9.17, 15) is 0 Å². The molecule has 0 aromatic rings. The maximum absolute atomic E-state index is 6.39. The molecule has 2 unspecified atom stereocenters. The molecule has 2 aliphatic rings. The van der Waals surface area contributed by atoms with Crippen LogP contribution < -0.4 is 5.32 Å². The number of hydrogen-bond donors (Lipinski definition) is 1. The first kappa shape index (κ1) is 12.6. The molecule has 1 aliphatic heterocycles. The fraction of sp³-hybridized carbons (Fsp3) is 1.00. The van der Waals surface area contributed by atoms with Crippen molar-refractivity contribution in [3.63, 3.8) is 0 Å². The molecule has 1 aliphatic carbocycles. The summed E-state index contributed by atoms with van der Waals surface area (Å²) in [6, 6.07) is 0. The topological polar surface area (TPSA) is 21.3 Å².